The Morgan fingerprint density at radius 1 is 1.14 bits per heavy atom. The highest BCUT2D eigenvalue weighted by molar-refractivity contribution is 5.35. The van der Waals surface area contributed by atoms with Crippen LogP contribution < -0.4 is 10.1 Å². The van der Waals surface area contributed by atoms with Gasteiger partial charge in [0.15, 0.2) is 0 Å². The van der Waals surface area contributed by atoms with Gasteiger partial charge in [0.1, 0.15) is 5.75 Å². The fourth-order valence-electron chi connectivity index (χ4n) is 2.42. The van der Waals surface area contributed by atoms with Gasteiger partial charge in [-0.25, -0.2) is 0 Å². The lowest BCUT2D eigenvalue weighted by molar-refractivity contribution is 0.214. The van der Waals surface area contributed by atoms with Crippen LogP contribution in [0.2, 0.25) is 0 Å². The Morgan fingerprint density at radius 3 is 2.32 bits per heavy atom. The lowest BCUT2D eigenvalue weighted by Gasteiger charge is -2.29. The van der Waals surface area contributed by atoms with E-state index in [0.717, 1.165) is 31.9 Å². The molecular weight excluding hydrogens is 272 g/mol. The van der Waals surface area contributed by atoms with E-state index in [4.69, 9.17) is 4.74 Å². The van der Waals surface area contributed by atoms with Crippen LogP contribution in [0.4, 0.5) is 0 Å². The number of benzene rings is 1. The molecule has 0 spiro atoms. The average molecular weight is 309 g/mol. The Morgan fingerprint density at radius 2 is 1.77 bits per heavy atom. The van der Waals surface area contributed by atoms with Gasteiger partial charge in [-0.3, -0.25) is 4.90 Å². The van der Waals surface area contributed by atoms with Gasteiger partial charge in [-0.05, 0) is 45.6 Å². The second kappa shape index (κ2) is 13.6. The second-order valence-corrected chi connectivity index (χ2v) is 5.46. The molecule has 0 bridgehead atoms. The molecule has 0 radical (unpaired) electrons. The van der Waals surface area contributed by atoms with Crippen LogP contribution in [0.5, 0.6) is 5.75 Å². The maximum absolute atomic E-state index is 5.47. The highest BCUT2D eigenvalue weighted by Crippen LogP contribution is 2.28. The fourth-order valence-corrected chi connectivity index (χ4v) is 2.42. The van der Waals surface area contributed by atoms with Gasteiger partial charge in [0.05, 0.1) is 7.11 Å². The zero-order chi connectivity index (χ0) is 16.8. The van der Waals surface area contributed by atoms with Gasteiger partial charge in [0, 0.05) is 11.6 Å². The van der Waals surface area contributed by atoms with Crippen molar-refractivity contribution >= 4 is 0 Å². The summed E-state index contributed by atoms with van der Waals surface area (Å²) in [7, 11) is 1.74. The van der Waals surface area contributed by atoms with E-state index in [1.165, 1.54) is 18.4 Å². The first kappa shape index (κ1) is 20.9. The first-order valence-electron chi connectivity index (χ1n) is 8.73. The third-order valence-corrected chi connectivity index (χ3v) is 3.59. The van der Waals surface area contributed by atoms with Gasteiger partial charge in [-0.15, -0.1) is 0 Å². The second-order valence-electron chi connectivity index (χ2n) is 5.46. The summed E-state index contributed by atoms with van der Waals surface area (Å²) >= 11 is 0. The number of ether oxygens (including phenoxy) is 1. The minimum Gasteiger partial charge on any atom is -0.496 e. The average Bonchev–Trinajstić information content (AvgIpc) is 2.55. The molecule has 1 atom stereocenters. The first-order valence-corrected chi connectivity index (χ1v) is 8.73. The van der Waals surface area contributed by atoms with Crippen molar-refractivity contribution in [1.82, 2.24) is 10.2 Å². The summed E-state index contributed by atoms with van der Waals surface area (Å²) in [6, 6.07) is 8.70. The van der Waals surface area contributed by atoms with E-state index in [0.29, 0.717) is 6.04 Å². The van der Waals surface area contributed by atoms with E-state index in [1.54, 1.807) is 7.11 Å². The Hall–Kier alpha value is -1.06. The normalized spacial score (nSPS) is 11.8. The van der Waals surface area contributed by atoms with Crippen molar-refractivity contribution in [2.24, 2.45) is 0 Å². The Labute approximate surface area is 138 Å². The molecule has 0 aliphatic heterocycles. The molecule has 0 aliphatic rings. The molecule has 0 heterocycles. The number of nitrogens with zero attached hydrogens (tertiary/aromatic N) is 1. The summed E-state index contributed by atoms with van der Waals surface area (Å²) < 4.78 is 5.47. The summed E-state index contributed by atoms with van der Waals surface area (Å²) in [4.78, 5) is 2.50. The molecule has 0 saturated heterocycles. The minimum atomic E-state index is 0.391. The summed E-state index contributed by atoms with van der Waals surface area (Å²) in [6.07, 6.45) is 2.43. The molecule has 128 valence electrons. The Kier molecular flexibility index (Phi) is 12.9. The summed E-state index contributed by atoms with van der Waals surface area (Å²) in [5, 5.41) is 3.38. The van der Waals surface area contributed by atoms with Crippen molar-refractivity contribution < 1.29 is 4.74 Å². The summed E-state index contributed by atoms with van der Waals surface area (Å²) in [6.45, 7) is 15.2. The van der Waals surface area contributed by atoms with Crippen molar-refractivity contribution in [2.75, 3.05) is 33.3 Å². The molecule has 0 saturated carbocycles. The zero-order valence-electron chi connectivity index (χ0n) is 15.5. The van der Waals surface area contributed by atoms with Gasteiger partial charge in [0.2, 0.25) is 0 Å². The number of para-hydroxylation sites is 1. The quantitative estimate of drug-likeness (QED) is 0.680. The topological polar surface area (TPSA) is 24.5 Å². The SMILES string of the molecule is CCC.CCNCCCN(CC)[C@@H](C)c1ccccc1OC. The predicted octanol–water partition coefficient (Wildman–Crippen LogP) is 4.49. The van der Waals surface area contributed by atoms with Crippen LogP contribution in [-0.2, 0) is 0 Å². The van der Waals surface area contributed by atoms with Gasteiger partial charge in [-0.1, -0.05) is 52.3 Å². The van der Waals surface area contributed by atoms with Crippen molar-refractivity contribution in [2.45, 2.75) is 53.5 Å². The van der Waals surface area contributed by atoms with Crippen LogP contribution >= 0.6 is 0 Å². The molecule has 0 aromatic heterocycles. The third-order valence-electron chi connectivity index (χ3n) is 3.59. The lowest BCUT2D eigenvalue weighted by atomic mass is 10.1. The monoisotopic (exact) mass is 308 g/mol. The molecular formula is C19H36N2O. The minimum absolute atomic E-state index is 0.391. The molecule has 3 heteroatoms. The number of hydrogen-bond donors (Lipinski definition) is 1. The van der Waals surface area contributed by atoms with Crippen molar-refractivity contribution in [3.8, 4) is 5.75 Å². The zero-order valence-corrected chi connectivity index (χ0v) is 15.5. The molecule has 22 heavy (non-hydrogen) atoms. The van der Waals surface area contributed by atoms with Gasteiger partial charge < -0.3 is 10.1 Å². The highest BCUT2D eigenvalue weighted by atomic mass is 16.5. The highest BCUT2D eigenvalue weighted by Gasteiger charge is 2.16. The van der Waals surface area contributed by atoms with Crippen LogP contribution in [0, 0.1) is 0 Å². The summed E-state index contributed by atoms with van der Waals surface area (Å²) in [5.41, 5.74) is 1.27. The maximum Gasteiger partial charge on any atom is 0.123 e. The van der Waals surface area contributed by atoms with Crippen molar-refractivity contribution in [1.29, 1.82) is 0 Å². The van der Waals surface area contributed by atoms with Crippen LogP contribution in [0.25, 0.3) is 0 Å². The molecule has 1 rings (SSSR count). The van der Waals surface area contributed by atoms with Gasteiger partial charge in [0.25, 0.3) is 0 Å². The van der Waals surface area contributed by atoms with Gasteiger partial charge in [-0.2, -0.15) is 0 Å². The van der Waals surface area contributed by atoms with Gasteiger partial charge >= 0.3 is 0 Å². The van der Waals surface area contributed by atoms with Crippen LogP contribution in [0.15, 0.2) is 24.3 Å². The van der Waals surface area contributed by atoms with Crippen molar-refractivity contribution in [3.63, 3.8) is 0 Å². The lowest BCUT2D eigenvalue weighted by Crippen LogP contribution is -2.30. The van der Waals surface area contributed by atoms with Crippen molar-refractivity contribution in [3.05, 3.63) is 29.8 Å². The summed E-state index contributed by atoms with van der Waals surface area (Å²) in [5.74, 6) is 0.986. The van der Waals surface area contributed by atoms with Crippen LogP contribution in [-0.4, -0.2) is 38.2 Å². The number of hydrogen-bond acceptors (Lipinski definition) is 3. The number of rotatable bonds is 9. The van der Waals surface area contributed by atoms with E-state index in [1.807, 2.05) is 12.1 Å². The number of nitrogens with one attached hydrogen (secondary N) is 1. The van der Waals surface area contributed by atoms with E-state index in [-0.39, 0.29) is 0 Å². The van der Waals surface area contributed by atoms with Crippen LogP contribution in [0.1, 0.15) is 59.1 Å². The van der Waals surface area contributed by atoms with E-state index in [2.05, 4.69) is 57.0 Å². The Bertz CT molecular complexity index is 368. The van der Waals surface area contributed by atoms with Crippen LogP contribution in [0.3, 0.4) is 0 Å². The molecule has 0 amide bonds. The maximum atomic E-state index is 5.47. The van der Waals surface area contributed by atoms with E-state index in [9.17, 15) is 0 Å². The predicted molar refractivity (Wildman–Crippen MR) is 97.8 cm³/mol. The van der Waals surface area contributed by atoms with E-state index >= 15 is 0 Å². The van der Waals surface area contributed by atoms with E-state index < -0.39 is 0 Å². The third kappa shape index (κ3) is 7.81. The molecule has 3 nitrogen and oxygen atoms in total. The molecule has 0 unspecified atom stereocenters. The molecule has 0 fully saturated rings. The largest absolute Gasteiger partial charge is 0.496 e. The first-order chi connectivity index (χ1) is 10.7. The molecule has 0 aliphatic carbocycles. The fraction of sp³-hybridized carbons (Fsp3) is 0.684. The Balaban J connectivity index is 0.00000135. The molecule has 1 N–H and O–H groups in total. The molecule has 1 aromatic carbocycles. The smallest absolute Gasteiger partial charge is 0.123 e. The number of methoxy groups -OCH3 is 1. The standard InChI is InChI=1S/C16H28N2O.C3H8/c1-5-17-12-9-13-18(6-2)14(3)15-10-7-8-11-16(15)19-4;1-3-2/h7-8,10-11,14,17H,5-6,9,12-13H2,1-4H3;3H2,1-2H3/t14-;/m0./s1. The molecule has 1 aromatic rings.